The molecule has 12 nitrogen and oxygen atoms in total. The van der Waals surface area contributed by atoms with Crippen LogP contribution < -0.4 is 24.8 Å². The molecule has 0 aromatic heterocycles. The smallest absolute Gasteiger partial charge is 0.255 e. The topological polar surface area (TPSA) is 171 Å². The Labute approximate surface area is 296 Å². The van der Waals surface area contributed by atoms with Gasteiger partial charge in [0, 0.05) is 23.2 Å². The largest absolute Gasteiger partial charge is 0.493 e. The van der Waals surface area contributed by atoms with Gasteiger partial charge in [0.05, 0.1) is 58.0 Å². The predicted octanol–water partition coefficient (Wildman–Crippen LogP) is 5.01. The summed E-state index contributed by atoms with van der Waals surface area (Å²) in [5.74, 6) is 1.66. The molecular weight excluding hydrogens is 654 g/mol. The third-order valence-corrected chi connectivity index (χ3v) is 9.13. The Hall–Kier alpha value is -5.14. The van der Waals surface area contributed by atoms with E-state index in [1.165, 1.54) is 0 Å². The summed E-state index contributed by atoms with van der Waals surface area (Å²) >= 11 is 0. The van der Waals surface area contributed by atoms with Crippen LogP contribution in [0, 0.1) is 0 Å². The van der Waals surface area contributed by atoms with Gasteiger partial charge in [-0.2, -0.15) is 0 Å². The maximum atomic E-state index is 12.6. The lowest BCUT2D eigenvalue weighted by molar-refractivity contribution is 0.0854. The molecule has 0 aliphatic carbocycles. The lowest BCUT2D eigenvalue weighted by Gasteiger charge is -2.28. The summed E-state index contributed by atoms with van der Waals surface area (Å²) in [6.07, 6.45) is 2.13. The SMILES string of the molecule is COc1ccc(C2CC(c3cc(CO)c(CO)c(CO)c3)=NO2)cc1OCCCCCOc1ccc(C2NC(=O)c3ccccc3N2)cc1CO. The molecule has 2 heterocycles. The Balaban J connectivity index is 0.976. The number of ether oxygens (including phenoxy) is 3. The number of amides is 1. The summed E-state index contributed by atoms with van der Waals surface area (Å²) in [6.45, 7) is -0.0629. The molecule has 6 N–H and O–H groups in total. The van der Waals surface area contributed by atoms with E-state index in [1.54, 1.807) is 25.3 Å². The van der Waals surface area contributed by atoms with Gasteiger partial charge in [-0.15, -0.1) is 0 Å². The highest BCUT2D eigenvalue weighted by molar-refractivity contribution is 6.02. The van der Waals surface area contributed by atoms with Gasteiger partial charge in [-0.1, -0.05) is 29.4 Å². The maximum Gasteiger partial charge on any atom is 0.255 e. The number of benzene rings is 4. The van der Waals surface area contributed by atoms with Gasteiger partial charge in [0.25, 0.3) is 5.91 Å². The zero-order valence-electron chi connectivity index (χ0n) is 28.4. The fourth-order valence-electron chi connectivity index (χ4n) is 6.34. The molecule has 2 aliphatic heterocycles. The fraction of sp³-hybridized carbons (Fsp3) is 0.333. The highest BCUT2D eigenvalue weighted by atomic mass is 16.6. The molecule has 2 aliphatic rings. The molecule has 0 fully saturated rings. The Morgan fingerprint density at radius 3 is 2.14 bits per heavy atom. The van der Waals surface area contributed by atoms with Crippen molar-refractivity contribution < 1.29 is 44.3 Å². The standard InChI is InChI=1S/C39H43N3O9/c1-48-35-12-9-24(36-19-33(42-51-36)26-16-27(20-43)31(23-46)28(17-26)21-44)18-37(35)50-14-6-2-5-13-49-34-11-10-25(15-29(34)22-45)38-40-32-8-4-3-7-30(32)39(47)41-38/h3-4,7-12,15-18,36,38,40,43-46H,2,5-6,13-14,19-23H2,1H3,(H,41,47). The molecule has 4 aromatic rings. The number of oxime groups is 1. The van der Waals surface area contributed by atoms with E-state index in [0.717, 1.165) is 41.6 Å². The van der Waals surface area contributed by atoms with E-state index >= 15 is 0 Å². The first-order valence-corrected chi connectivity index (χ1v) is 17.0. The van der Waals surface area contributed by atoms with Crippen LogP contribution in [0.15, 0.2) is 78.0 Å². The zero-order valence-corrected chi connectivity index (χ0v) is 28.4. The molecule has 0 bridgehead atoms. The molecule has 0 saturated heterocycles. The summed E-state index contributed by atoms with van der Waals surface area (Å²) < 4.78 is 17.7. The van der Waals surface area contributed by atoms with Crippen LogP contribution in [0.1, 0.15) is 87.3 Å². The second kappa shape index (κ2) is 16.7. The lowest BCUT2D eigenvalue weighted by Crippen LogP contribution is -2.38. The molecule has 0 saturated carbocycles. The number of aliphatic hydroxyl groups excluding tert-OH is 4. The van der Waals surface area contributed by atoms with Crippen LogP contribution in [0.25, 0.3) is 0 Å². The van der Waals surface area contributed by atoms with Crippen LogP contribution in [-0.4, -0.2) is 52.4 Å². The van der Waals surface area contributed by atoms with Crippen LogP contribution >= 0.6 is 0 Å². The Morgan fingerprint density at radius 2 is 1.43 bits per heavy atom. The number of rotatable bonds is 16. The number of hydrogen-bond donors (Lipinski definition) is 6. The van der Waals surface area contributed by atoms with E-state index in [9.17, 15) is 25.2 Å². The minimum absolute atomic E-state index is 0.152. The number of nitrogens with zero attached hydrogens (tertiary/aromatic N) is 1. The molecule has 1 amide bonds. The number of carbonyl (C=O) groups is 1. The minimum atomic E-state index is -0.416. The lowest BCUT2D eigenvalue weighted by atomic mass is 9.94. The monoisotopic (exact) mass is 697 g/mol. The van der Waals surface area contributed by atoms with E-state index in [-0.39, 0.29) is 38.4 Å². The van der Waals surface area contributed by atoms with Crippen molar-refractivity contribution in [3.63, 3.8) is 0 Å². The van der Waals surface area contributed by atoms with Crippen LogP contribution in [0.3, 0.4) is 0 Å². The second-order valence-corrected chi connectivity index (χ2v) is 12.4. The second-order valence-electron chi connectivity index (χ2n) is 12.4. The van der Waals surface area contributed by atoms with E-state index in [0.29, 0.717) is 70.4 Å². The number of methoxy groups -OCH3 is 1. The summed E-state index contributed by atoms with van der Waals surface area (Å²) in [7, 11) is 1.59. The number of carbonyl (C=O) groups excluding carboxylic acids is 1. The van der Waals surface area contributed by atoms with Gasteiger partial charge in [-0.25, -0.2) is 0 Å². The van der Waals surface area contributed by atoms with Gasteiger partial charge in [-0.3, -0.25) is 4.79 Å². The molecule has 4 aromatic carbocycles. The van der Waals surface area contributed by atoms with Gasteiger partial charge < -0.3 is 50.1 Å². The van der Waals surface area contributed by atoms with Crippen molar-refractivity contribution in [1.29, 1.82) is 0 Å². The maximum absolute atomic E-state index is 12.6. The molecule has 6 rings (SSSR count). The first kappa shape index (κ1) is 35.7. The van der Waals surface area contributed by atoms with Crippen molar-refractivity contribution in [2.75, 3.05) is 25.6 Å². The zero-order chi connectivity index (χ0) is 35.7. The van der Waals surface area contributed by atoms with E-state index in [1.807, 2.05) is 54.6 Å². The Bertz CT molecular complexity index is 1850. The number of unbranched alkanes of at least 4 members (excludes halogenated alkanes) is 2. The van der Waals surface area contributed by atoms with Crippen LogP contribution in [0.5, 0.6) is 17.2 Å². The van der Waals surface area contributed by atoms with Crippen molar-refractivity contribution in [1.82, 2.24) is 5.32 Å². The van der Waals surface area contributed by atoms with Crippen molar-refractivity contribution in [2.45, 2.75) is 64.4 Å². The molecular formula is C39H43N3O9. The quantitative estimate of drug-likeness (QED) is 0.0875. The molecule has 268 valence electrons. The fourth-order valence-corrected chi connectivity index (χ4v) is 6.34. The number of nitrogens with one attached hydrogen (secondary N) is 2. The van der Waals surface area contributed by atoms with Crippen LogP contribution in [-0.2, 0) is 31.3 Å². The average molecular weight is 698 g/mol. The van der Waals surface area contributed by atoms with E-state index in [2.05, 4.69) is 15.8 Å². The number of fused-ring (bicyclic) bond motifs is 1. The molecule has 2 unspecified atom stereocenters. The third-order valence-electron chi connectivity index (χ3n) is 9.13. The average Bonchev–Trinajstić information content (AvgIpc) is 3.67. The molecule has 12 heteroatoms. The van der Waals surface area contributed by atoms with Gasteiger partial charge in [0.1, 0.15) is 11.9 Å². The summed E-state index contributed by atoms with van der Waals surface area (Å²) in [4.78, 5) is 18.3. The van der Waals surface area contributed by atoms with Crippen LogP contribution in [0.2, 0.25) is 0 Å². The van der Waals surface area contributed by atoms with Crippen molar-refractivity contribution in [3.8, 4) is 17.2 Å². The third kappa shape index (κ3) is 8.10. The highest BCUT2D eigenvalue weighted by Gasteiger charge is 2.27. The number of hydrogen-bond acceptors (Lipinski definition) is 11. The van der Waals surface area contributed by atoms with Gasteiger partial charge in [0.2, 0.25) is 0 Å². The van der Waals surface area contributed by atoms with Crippen molar-refractivity contribution >= 4 is 17.3 Å². The summed E-state index contributed by atoms with van der Waals surface area (Å²) in [5, 5.41) is 49.9. The van der Waals surface area contributed by atoms with Gasteiger partial charge >= 0.3 is 0 Å². The predicted molar refractivity (Wildman–Crippen MR) is 190 cm³/mol. The first-order valence-electron chi connectivity index (χ1n) is 17.0. The van der Waals surface area contributed by atoms with Gasteiger partial charge in [0.15, 0.2) is 17.6 Å². The normalized spacial score (nSPS) is 16.4. The van der Waals surface area contributed by atoms with Crippen molar-refractivity contribution in [3.05, 3.63) is 117 Å². The molecule has 0 spiro atoms. The van der Waals surface area contributed by atoms with E-state index in [4.69, 9.17) is 19.0 Å². The number of aliphatic hydroxyl groups is 4. The number of para-hydroxylation sites is 1. The summed E-state index contributed by atoms with van der Waals surface area (Å²) in [6, 6.07) is 22.1. The van der Waals surface area contributed by atoms with Gasteiger partial charge in [-0.05, 0) is 95.6 Å². The van der Waals surface area contributed by atoms with Crippen LogP contribution in [0.4, 0.5) is 5.69 Å². The number of anilines is 1. The first-order chi connectivity index (χ1) is 25.0. The highest BCUT2D eigenvalue weighted by Crippen LogP contribution is 2.36. The minimum Gasteiger partial charge on any atom is -0.493 e. The summed E-state index contributed by atoms with van der Waals surface area (Å²) in [5.41, 5.74) is 6.68. The molecule has 2 atom stereocenters. The molecule has 0 radical (unpaired) electrons. The molecule has 51 heavy (non-hydrogen) atoms. The Kier molecular flexibility index (Phi) is 11.7. The van der Waals surface area contributed by atoms with Crippen molar-refractivity contribution in [2.24, 2.45) is 5.16 Å². The Morgan fingerprint density at radius 1 is 0.745 bits per heavy atom. The van der Waals surface area contributed by atoms with E-state index < -0.39 is 6.17 Å².